The van der Waals surface area contributed by atoms with Gasteiger partial charge in [-0.1, -0.05) is 12.2 Å². The highest BCUT2D eigenvalue weighted by Gasteiger charge is 1.85. The molecule has 1 rings (SSSR count). The van der Waals surface area contributed by atoms with E-state index in [9.17, 15) is 0 Å². The average Bonchev–Trinajstić information content (AvgIpc) is 2.04. The summed E-state index contributed by atoms with van der Waals surface area (Å²) in [5, 5.41) is 2.08. The van der Waals surface area contributed by atoms with Gasteiger partial charge in [0.15, 0.2) is 0 Å². The fraction of sp³-hybridized carbons (Fsp3) is 0.222. The van der Waals surface area contributed by atoms with Gasteiger partial charge in [-0.3, -0.25) is 4.98 Å². The van der Waals surface area contributed by atoms with Gasteiger partial charge < -0.3 is 5.73 Å². The third-order valence-electron chi connectivity index (χ3n) is 1.56. The lowest BCUT2D eigenvalue weighted by molar-refractivity contribution is 1.22. The Labute approximate surface area is 66.1 Å². The number of nitrogen functional groups attached to an aromatic ring is 1. The van der Waals surface area contributed by atoms with E-state index >= 15 is 0 Å². The third kappa shape index (κ3) is 1.58. The second-order valence-electron chi connectivity index (χ2n) is 2.32. The van der Waals surface area contributed by atoms with Crippen molar-refractivity contribution in [2.45, 2.75) is 13.8 Å². The molecular formula is C9H12N2. The summed E-state index contributed by atoms with van der Waals surface area (Å²) < 4.78 is 0. The van der Waals surface area contributed by atoms with E-state index in [1.807, 2.05) is 32.1 Å². The van der Waals surface area contributed by atoms with Crippen LogP contribution in [0.1, 0.15) is 13.8 Å². The number of hydrogen-bond acceptors (Lipinski definition) is 2. The van der Waals surface area contributed by atoms with E-state index in [0.29, 0.717) is 5.69 Å². The van der Waals surface area contributed by atoms with Gasteiger partial charge in [-0.25, -0.2) is 0 Å². The molecule has 0 saturated heterocycles. The molecule has 2 N–H and O–H groups in total. The van der Waals surface area contributed by atoms with Gasteiger partial charge in [0.1, 0.15) is 0 Å². The van der Waals surface area contributed by atoms with Crippen LogP contribution >= 0.6 is 0 Å². The van der Waals surface area contributed by atoms with Gasteiger partial charge in [-0.05, 0) is 25.1 Å². The summed E-state index contributed by atoms with van der Waals surface area (Å²) in [5.41, 5.74) is 6.27. The Morgan fingerprint density at radius 1 is 1.36 bits per heavy atom. The maximum atomic E-state index is 5.56. The average molecular weight is 148 g/mol. The van der Waals surface area contributed by atoms with Crippen molar-refractivity contribution >= 4 is 17.8 Å². The Bertz CT molecular complexity index is 352. The predicted molar refractivity (Wildman–Crippen MR) is 48.2 cm³/mol. The highest BCUT2D eigenvalue weighted by atomic mass is 14.7. The van der Waals surface area contributed by atoms with Gasteiger partial charge in [-0.15, -0.1) is 0 Å². The van der Waals surface area contributed by atoms with Crippen molar-refractivity contribution in [3.05, 3.63) is 22.8 Å². The summed E-state index contributed by atoms with van der Waals surface area (Å²) in [5.74, 6) is 0. The number of aromatic nitrogens is 1. The summed E-state index contributed by atoms with van der Waals surface area (Å²) in [6.07, 6.45) is 5.63. The fourth-order valence-corrected chi connectivity index (χ4v) is 0.982. The van der Waals surface area contributed by atoms with E-state index in [2.05, 4.69) is 4.98 Å². The van der Waals surface area contributed by atoms with Crippen molar-refractivity contribution in [3.63, 3.8) is 0 Å². The molecule has 0 unspecified atom stereocenters. The van der Waals surface area contributed by atoms with Crippen LogP contribution in [0.4, 0.5) is 5.69 Å². The van der Waals surface area contributed by atoms with E-state index in [-0.39, 0.29) is 0 Å². The monoisotopic (exact) mass is 148 g/mol. The number of hydrogen-bond donors (Lipinski definition) is 1. The molecule has 0 aliphatic carbocycles. The highest BCUT2D eigenvalue weighted by molar-refractivity contribution is 5.38. The molecule has 0 bridgehead atoms. The van der Waals surface area contributed by atoms with Crippen LogP contribution < -0.4 is 16.3 Å². The SMILES string of the molecule is C/C=c1/cc(N)cn/c1=C/C. The van der Waals surface area contributed by atoms with Crippen LogP contribution in [0, 0.1) is 0 Å². The van der Waals surface area contributed by atoms with Crippen LogP contribution in [0.15, 0.2) is 12.3 Å². The van der Waals surface area contributed by atoms with Crippen molar-refractivity contribution in [2.24, 2.45) is 0 Å². The molecule has 2 nitrogen and oxygen atoms in total. The standard InChI is InChI=1S/C9H12N2/c1-3-7-5-8(10)6-11-9(7)4-2/h3-6H,10H2,1-2H3/b7-3-,9-4+. The second-order valence-corrected chi connectivity index (χ2v) is 2.32. The molecule has 0 fully saturated rings. The third-order valence-corrected chi connectivity index (χ3v) is 1.56. The zero-order chi connectivity index (χ0) is 8.27. The van der Waals surface area contributed by atoms with Crippen LogP contribution in [-0.4, -0.2) is 4.98 Å². The maximum absolute atomic E-state index is 5.56. The molecule has 1 aromatic rings. The molecular weight excluding hydrogens is 136 g/mol. The summed E-state index contributed by atoms with van der Waals surface area (Å²) in [7, 11) is 0. The molecule has 0 radical (unpaired) electrons. The summed E-state index contributed by atoms with van der Waals surface area (Å²) >= 11 is 0. The van der Waals surface area contributed by atoms with Gasteiger partial charge in [0.05, 0.1) is 17.2 Å². The van der Waals surface area contributed by atoms with Crippen LogP contribution in [0.5, 0.6) is 0 Å². The largest absolute Gasteiger partial charge is 0.397 e. The summed E-state index contributed by atoms with van der Waals surface area (Å²) in [6, 6.07) is 1.92. The number of rotatable bonds is 0. The summed E-state index contributed by atoms with van der Waals surface area (Å²) in [6.45, 7) is 3.94. The minimum atomic E-state index is 0.712. The molecule has 1 heterocycles. The smallest absolute Gasteiger partial charge is 0.0657 e. The Hall–Kier alpha value is -1.31. The molecule has 0 atom stereocenters. The molecule has 58 valence electrons. The lowest BCUT2D eigenvalue weighted by atomic mass is 10.3. The molecule has 0 amide bonds. The molecule has 0 aromatic carbocycles. The van der Waals surface area contributed by atoms with Crippen molar-refractivity contribution in [1.82, 2.24) is 4.98 Å². The number of anilines is 1. The topological polar surface area (TPSA) is 38.9 Å². The number of pyridine rings is 1. The minimum absolute atomic E-state index is 0.712. The first-order valence-corrected chi connectivity index (χ1v) is 3.62. The van der Waals surface area contributed by atoms with Crippen LogP contribution in [0.25, 0.3) is 12.2 Å². The molecule has 2 heteroatoms. The van der Waals surface area contributed by atoms with Gasteiger partial charge in [0.2, 0.25) is 0 Å². The molecule has 0 aliphatic heterocycles. The summed E-state index contributed by atoms with van der Waals surface area (Å²) in [4.78, 5) is 4.16. The molecule has 0 saturated carbocycles. The van der Waals surface area contributed by atoms with Gasteiger partial charge in [0, 0.05) is 0 Å². The van der Waals surface area contributed by atoms with E-state index in [1.54, 1.807) is 6.20 Å². The normalized spacial score (nSPS) is 14.0. The second kappa shape index (κ2) is 3.19. The first kappa shape index (κ1) is 7.79. The Morgan fingerprint density at radius 3 is 2.64 bits per heavy atom. The first-order chi connectivity index (χ1) is 5.27. The van der Waals surface area contributed by atoms with E-state index in [0.717, 1.165) is 10.6 Å². The van der Waals surface area contributed by atoms with E-state index in [1.165, 1.54) is 0 Å². The van der Waals surface area contributed by atoms with Crippen molar-refractivity contribution in [1.29, 1.82) is 0 Å². The Kier molecular flexibility index (Phi) is 2.26. The van der Waals surface area contributed by atoms with Crippen molar-refractivity contribution in [2.75, 3.05) is 5.73 Å². The quantitative estimate of drug-likeness (QED) is 0.573. The van der Waals surface area contributed by atoms with E-state index < -0.39 is 0 Å². The van der Waals surface area contributed by atoms with Crippen LogP contribution in [0.3, 0.4) is 0 Å². The van der Waals surface area contributed by atoms with Crippen molar-refractivity contribution in [3.8, 4) is 0 Å². The first-order valence-electron chi connectivity index (χ1n) is 3.62. The highest BCUT2D eigenvalue weighted by Crippen LogP contribution is 1.86. The lowest BCUT2D eigenvalue weighted by Gasteiger charge is -1.91. The molecule has 11 heavy (non-hydrogen) atoms. The van der Waals surface area contributed by atoms with Crippen molar-refractivity contribution < 1.29 is 0 Å². The van der Waals surface area contributed by atoms with E-state index in [4.69, 9.17) is 5.73 Å². The fourth-order valence-electron chi connectivity index (χ4n) is 0.982. The van der Waals surface area contributed by atoms with Crippen LogP contribution in [0.2, 0.25) is 0 Å². The van der Waals surface area contributed by atoms with Gasteiger partial charge in [-0.2, -0.15) is 0 Å². The number of nitrogens with zero attached hydrogens (tertiary/aromatic N) is 1. The minimum Gasteiger partial charge on any atom is -0.397 e. The molecule has 0 aliphatic rings. The zero-order valence-electron chi connectivity index (χ0n) is 6.83. The number of nitrogens with two attached hydrogens (primary N) is 1. The Balaban J connectivity index is 3.55. The predicted octanol–water partition coefficient (Wildman–Crippen LogP) is 0.265. The maximum Gasteiger partial charge on any atom is 0.0657 e. The Morgan fingerprint density at radius 2 is 2.09 bits per heavy atom. The van der Waals surface area contributed by atoms with Crippen LogP contribution in [-0.2, 0) is 0 Å². The molecule has 0 spiro atoms. The lowest BCUT2D eigenvalue weighted by Crippen LogP contribution is -2.27. The zero-order valence-corrected chi connectivity index (χ0v) is 6.83. The van der Waals surface area contributed by atoms with Gasteiger partial charge in [0.25, 0.3) is 0 Å². The van der Waals surface area contributed by atoms with Gasteiger partial charge >= 0.3 is 0 Å². The molecule has 1 aromatic heterocycles.